The number of nitrogen functional groups attached to an aromatic ring is 1. The van der Waals surface area contributed by atoms with E-state index in [1.54, 1.807) is 0 Å². The molecule has 0 heterocycles. The average Bonchev–Trinajstić information content (AvgIpc) is 2.33. The molecule has 0 saturated heterocycles. The first-order valence-corrected chi connectivity index (χ1v) is 6.33. The van der Waals surface area contributed by atoms with Crippen molar-refractivity contribution in [3.8, 4) is 5.75 Å². The van der Waals surface area contributed by atoms with Crippen LogP contribution in [0.3, 0.4) is 0 Å². The van der Waals surface area contributed by atoms with Crippen molar-refractivity contribution < 1.29 is 5.11 Å². The van der Waals surface area contributed by atoms with Crippen LogP contribution in [0.4, 0.5) is 5.69 Å². The molecule has 1 aliphatic carbocycles. The molecule has 0 spiro atoms. The van der Waals surface area contributed by atoms with Crippen molar-refractivity contribution in [3.63, 3.8) is 0 Å². The Hall–Kier alpha value is -1.18. The summed E-state index contributed by atoms with van der Waals surface area (Å²) in [4.78, 5) is 0. The van der Waals surface area contributed by atoms with Crippen molar-refractivity contribution in [2.75, 3.05) is 5.73 Å². The van der Waals surface area contributed by atoms with E-state index in [0.717, 1.165) is 12.0 Å². The minimum atomic E-state index is 0.323. The number of nitrogens with two attached hydrogens (primary N) is 1. The van der Waals surface area contributed by atoms with Gasteiger partial charge in [0.15, 0.2) is 0 Å². The van der Waals surface area contributed by atoms with E-state index in [0.29, 0.717) is 17.4 Å². The summed E-state index contributed by atoms with van der Waals surface area (Å²) in [6.07, 6.45) is 7.26. The molecule has 2 rings (SSSR count). The number of aryl methyl sites for hydroxylation is 1. The van der Waals surface area contributed by atoms with Gasteiger partial charge in [-0.1, -0.05) is 32.3 Å². The fraction of sp³-hybridized carbons (Fsp3) is 0.571. The van der Waals surface area contributed by atoms with Gasteiger partial charge in [0, 0.05) is 0 Å². The third kappa shape index (κ3) is 2.16. The summed E-state index contributed by atoms with van der Waals surface area (Å²) < 4.78 is 0. The molecule has 0 aromatic heterocycles. The van der Waals surface area contributed by atoms with E-state index in [-0.39, 0.29) is 0 Å². The van der Waals surface area contributed by atoms with Crippen LogP contribution in [-0.4, -0.2) is 5.11 Å². The minimum Gasteiger partial charge on any atom is -0.505 e. The molecule has 1 aliphatic rings. The highest BCUT2D eigenvalue weighted by Gasteiger charge is 2.20. The van der Waals surface area contributed by atoms with Gasteiger partial charge in [0.2, 0.25) is 0 Å². The van der Waals surface area contributed by atoms with Gasteiger partial charge >= 0.3 is 0 Å². The minimum absolute atomic E-state index is 0.323. The van der Waals surface area contributed by atoms with Crippen LogP contribution in [-0.2, 0) is 6.42 Å². The summed E-state index contributed by atoms with van der Waals surface area (Å²) in [6.45, 7) is 2.12. The topological polar surface area (TPSA) is 46.2 Å². The van der Waals surface area contributed by atoms with Crippen molar-refractivity contribution in [2.24, 2.45) is 0 Å². The zero-order chi connectivity index (χ0) is 11.5. The molecule has 1 aromatic rings. The Bertz CT molecular complexity index is 367. The van der Waals surface area contributed by atoms with E-state index < -0.39 is 0 Å². The van der Waals surface area contributed by atoms with Gasteiger partial charge in [-0.25, -0.2) is 0 Å². The Morgan fingerprint density at radius 3 is 2.56 bits per heavy atom. The van der Waals surface area contributed by atoms with Gasteiger partial charge < -0.3 is 10.8 Å². The van der Waals surface area contributed by atoms with E-state index >= 15 is 0 Å². The van der Waals surface area contributed by atoms with E-state index in [1.165, 1.54) is 37.7 Å². The van der Waals surface area contributed by atoms with Crippen molar-refractivity contribution >= 4 is 5.69 Å². The SMILES string of the molecule is CCc1cc(N)c(O)c(C2CCCCC2)c1. The first kappa shape index (κ1) is 11.3. The van der Waals surface area contributed by atoms with Crippen LogP contribution in [0, 0.1) is 0 Å². The molecule has 2 heteroatoms. The van der Waals surface area contributed by atoms with Gasteiger partial charge in [0.05, 0.1) is 5.69 Å². The molecule has 3 N–H and O–H groups in total. The van der Waals surface area contributed by atoms with Crippen LogP contribution in [0.1, 0.15) is 56.1 Å². The van der Waals surface area contributed by atoms with Crippen molar-refractivity contribution in [1.29, 1.82) is 0 Å². The van der Waals surface area contributed by atoms with Crippen LogP contribution in [0.5, 0.6) is 5.75 Å². The monoisotopic (exact) mass is 219 g/mol. The van der Waals surface area contributed by atoms with Gasteiger partial charge in [-0.2, -0.15) is 0 Å². The Morgan fingerprint density at radius 1 is 1.25 bits per heavy atom. The fourth-order valence-electron chi connectivity index (χ4n) is 2.67. The number of phenols is 1. The number of hydrogen-bond donors (Lipinski definition) is 2. The lowest BCUT2D eigenvalue weighted by atomic mass is 9.82. The van der Waals surface area contributed by atoms with Crippen LogP contribution in [0.15, 0.2) is 12.1 Å². The second-order valence-corrected chi connectivity index (χ2v) is 4.81. The second kappa shape index (κ2) is 4.77. The molecule has 0 radical (unpaired) electrons. The number of phenolic OH excluding ortho intramolecular Hbond substituents is 1. The molecule has 2 nitrogen and oxygen atoms in total. The largest absolute Gasteiger partial charge is 0.505 e. The van der Waals surface area contributed by atoms with E-state index in [9.17, 15) is 5.11 Å². The zero-order valence-electron chi connectivity index (χ0n) is 10.00. The first-order valence-electron chi connectivity index (χ1n) is 6.33. The van der Waals surface area contributed by atoms with E-state index in [4.69, 9.17) is 5.73 Å². The molecule has 1 aromatic carbocycles. The molecule has 0 amide bonds. The highest BCUT2D eigenvalue weighted by molar-refractivity contribution is 5.59. The van der Waals surface area contributed by atoms with Crippen LogP contribution in [0.2, 0.25) is 0 Å². The van der Waals surface area contributed by atoms with Crippen LogP contribution < -0.4 is 5.73 Å². The summed E-state index contributed by atoms with van der Waals surface area (Å²) in [5.74, 6) is 0.839. The quantitative estimate of drug-likeness (QED) is 0.590. The van der Waals surface area contributed by atoms with Gasteiger partial charge in [0.25, 0.3) is 0 Å². The summed E-state index contributed by atoms with van der Waals surface area (Å²) in [5, 5.41) is 10.0. The molecule has 16 heavy (non-hydrogen) atoms. The maximum absolute atomic E-state index is 10.0. The Labute approximate surface area is 97.5 Å². The van der Waals surface area contributed by atoms with Crippen molar-refractivity contribution in [3.05, 3.63) is 23.3 Å². The van der Waals surface area contributed by atoms with E-state index in [1.807, 2.05) is 6.07 Å². The van der Waals surface area contributed by atoms with Crippen LogP contribution in [0.25, 0.3) is 0 Å². The standard InChI is InChI=1S/C14H21NO/c1-2-10-8-12(14(16)13(15)9-10)11-6-4-3-5-7-11/h8-9,11,16H,2-7,15H2,1H3. The molecule has 1 fully saturated rings. The molecule has 0 atom stereocenters. The predicted octanol–water partition coefficient (Wildman–Crippen LogP) is 3.58. The molecular weight excluding hydrogens is 198 g/mol. The predicted molar refractivity (Wildman–Crippen MR) is 67.7 cm³/mol. The van der Waals surface area contributed by atoms with Gasteiger partial charge in [-0.3, -0.25) is 0 Å². The van der Waals surface area contributed by atoms with Crippen molar-refractivity contribution in [1.82, 2.24) is 0 Å². The molecule has 0 bridgehead atoms. The normalized spacial score (nSPS) is 17.6. The van der Waals surface area contributed by atoms with Crippen molar-refractivity contribution in [2.45, 2.75) is 51.4 Å². The molecule has 1 saturated carbocycles. The Balaban J connectivity index is 2.33. The maximum atomic E-state index is 10.0. The highest BCUT2D eigenvalue weighted by Crippen LogP contribution is 2.40. The average molecular weight is 219 g/mol. The van der Waals surface area contributed by atoms with Gasteiger partial charge in [-0.15, -0.1) is 0 Å². The summed E-state index contributed by atoms with van der Waals surface area (Å²) in [5.41, 5.74) is 8.71. The zero-order valence-corrected chi connectivity index (χ0v) is 10.00. The highest BCUT2D eigenvalue weighted by atomic mass is 16.3. The van der Waals surface area contributed by atoms with Crippen LogP contribution >= 0.6 is 0 Å². The Kier molecular flexibility index (Phi) is 3.37. The summed E-state index contributed by atoms with van der Waals surface area (Å²) in [7, 11) is 0. The number of hydrogen-bond acceptors (Lipinski definition) is 2. The lowest BCUT2D eigenvalue weighted by molar-refractivity contribution is 0.415. The lowest BCUT2D eigenvalue weighted by Crippen LogP contribution is -2.06. The third-order valence-corrected chi connectivity index (χ3v) is 3.68. The third-order valence-electron chi connectivity index (χ3n) is 3.68. The number of benzene rings is 1. The summed E-state index contributed by atoms with van der Waals surface area (Å²) in [6, 6.07) is 4.03. The van der Waals surface area contributed by atoms with E-state index in [2.05, 4.69) is 13.0 Å². The van der Waals surface area contributed by atoms with Gasteiger partial charge in [0.1, 0.15) is 5.75 Å². The molecule has 0 aliphatic heterocycles. The second-order valence-electron chi connectivity index (χ2n) is 4.81. The lowest BCUT2D eigenvalue weighted by Gasteiger charge is -2.24. The fourth-order valence-corrected chi connectivity index (χ4v) is 2.67. The molecule has 0 unspecified atom stereocenters. The molecule has 88 valence electrons. The van der Waals surface area contributed by atoms with Gasteiger partial charge in [-0.05, 0) is 42.4 Å². The Morgan fingerprint density at radius 2 is 1.94 bits per heavy atom. The maximum Gasteiger partial charge on any atom is 0.141 e. The number of rotatable bonds is 2. The molecular formula is C14H21NO. The first-order chi connectivity index (χ1) is 7.72. The number of anilines is 1. The number of aromatic hydroxyl groups is 1. The summed E-state index contributed by atoms with van der Waals surface area (Å²) >= 11 is 0. The smallest absolute Gasteiger partial charge is 0.141 e.